The van der Waals surface area contributed by atoms with Crippen molar-refractivity contribution in [3.63, 3.8) is 0 Å². The molecule has 0 aromatic carbocycles. The number of hydrogen-bond acceptors (Lipinski definition) is 5. The average Bonchev–Trinajstić information content (AvgIpc) is 2.95. The summed E-state index contributed by atoms with van der Waals surface area (Å²) in [7, 11) is 0. The lowest BCUT2D eigenvalue weighted by Gasteiger charge is -2.34. The number of H-pyrrole nitrogens is 1. The minimum absolute atomic E-state index is 0.196. The predicted octanol–water partition coefficient (Wildman–Crippen LogP) is 1.58. The Morgan fingerprint density at radius 3 is 3.05 bits per heavy atom. The van der Waals surface area contributed by atoms with Crippen molar-refractivity contribution in [2.24, 2.45) is 5.92 Å². The first kappa shape index (κ1) is 16.7. The molecule has 2 N–H and O–H groups in total. The van der Waals surface area contributed by atoms with E-state index in [-0.39, 0.29) is 6.09 Å². The second kappa shape index (κ2) is 7.58. The molecule has 7 heteroatoms. The highest BCUT2D eigenvalue weighted by Gasteiger charge is 2.27. The van der Waals surface area contributed by atoms with Crippen LogP contribution in [0.3, 0.4) is 0 Å². The van der Waals surface area contributed by atoms with Crippen molar-refractivity contribution in [3.05, 3.63) is 12.2 Å². The van der Waals surface area contributed by atoms with Gasteiger partial charge in [-0.15, -0.1) is 0 Å². The summed E-state index contributed by atoms with van der Waals surface area (Å²) in [6.45, 7) is 9.03. The van der Waals surface area contributed by atoms with Crippen LogP contribution in [0.5, 0.6) is 0 Å². The van der Waals surface area contributed by atoms with Crippen molar-refractivity contribution in [2.75, 3.05) is 26.2 Å². The SMILES string of the molecule is CC(C)(C)OC(=O)N1CCCC(CNCCc2ncn[nH]2)C1. The molecule has 0 bridgehead atoms. The summed E-state index contributed by atoms with van der Waals surface area (Å²) in [6.07, 6.45) is 4.35. The molecular weight excluding hydrogens is 282 g/mol. The molecule has 1 saturated heterocycles. The molecule has 0 radical (unpaired) electrons. The van der Waals surface area contributed by atoms with Gasteiger partial charge in [0.15, 0.2) is 0 Å². The number of nitrogens with one attached hydrogen (secondary N) is 2. The molecule has 1 aliphatic rings. The van der Waals surface area contributed by atoms with E-state index in [2.05, 4.69) is 20.5 Å². The minimum atomic E-state index is -0.431. The van der Waals surface area contributed by atoms with Crippen LogP contribution >= 0.6 is 0 Å². The third-order valence-corrected chi connectivity index (χ3v) is 3.61. The Kier molecular flexibility index (Phi) is 5.76. The lowest BCUT2D eigenvalue weighted by molar-refractivity contribution is 0.0166. The number of ether oxygens (including phenoxy) is 1. The smallest absolute Gasteiger partial charge is 0.410 e. The Morgan fingerprint density at radius 1 is 1.55 bits per heavy atom. The lowest BCUT2D eigenvalue weighted by atomic mass is 9.98. The van der Waals surface area contributed by atoms with Crippen LogP contribution in [0, 0.1) is 5.92 Å². The Morgan fingerprint density at radius 2 is 2.36 bits per heavy atom. The molecule has 1 unspecified atom stereocenters. The number of carbonyl (C=O) groups is 1. The van der Waals surface area contributed by atoms with Gasteiger partial charge in [0.1, 0.15) is 17.8 Å². The molecular formula is C15H27N5O2. The molecule has 22 heavy (non-hydrogen) atoms. The van der Waals surface area contributed by atoms with Gasteiger partial charge in [-0.05, 0) is 46.1 Å². The summed E-state index contributed by atoms with van der Waals surface area (Å²) in [5, 5.41) is 10.1. The summed E-state index contributed by atoms with van der Waals surface area (Å²) < 4.78 is 5.45. The third-order valence-electron chi connectivity index (χ3n) is 3.61. The number of carbonyl (C=O) groups excluding carboxylic acids is 1. The monoisotopic (exact) mass is 309 g/mol. The van der Waals surface area contributed by atoms with E-state index < -0.39 is 5.60 Å². The number of aromatic amines is 1. The fraction of sp³-hybridized carbons (Fsp3) is 0.800. The van der Waals surface area contributed by atoms with Crippen LogP contribution in [0.4, 0.5) is 4.79 Å². The Balaban J connectivity index is 1.68. The highest BCUT2D eigenvalue weighted by molar-refractivity contribution is 5.68. The fourth-order valence-corrected chi connectivity index (χ4v) is 2.59. The number of hydrogen-bond donors (Lipinski definition) is 2. The van der Waals surface area contributed by atoms with E-state index in [1.54, 1.807) is 0 Å². The van der Waals surface area contributed by atoms with Gasteiger partial charge < -0.3 is 15.0 Å². The molecule has 1 aromatic heterocycles. The molecule has 2 rings (SSSR count). The zero-order chi connectivity index (χ0) is 16.0. The standard InChI is InChI=1S/C15H27N5O2/c1-15(2,3)22-14(21)20-8-4-5-12(10-20)9-16-7-6-13-17-11-18-19-13/h11-12,16H,4-10H2,1-3H3,(H,17,18,19). The van der Waals surface area contributed by atoms with Crippen LogP contribution in [0.1, 0.15) is 39.4 Å². The van der Waals surface area contributed by atoms with Crippen LogP contribution in [0.15, 0.2) is 6.33 Å². The van der Waals surface area contributed by atoms with E-state index >= 15 is 0 Å². The van der Waals surface area contributed by atoms with Gasteiger partial charge in [0.2, 0.25) is 0 Å². The number of amides is 1. The van der Waals surface area contributed by atoms with Crippen LogP contribution in [0.2, 0.25) is 0 Å². The number of likely N-dealkylation sites (tertiary alicyclic amines) is 1. The number of nitrogens with zero attached hydrogens (tertiary/aromatic N) is 3. The van der Waals surface area contributed by atoms with E-state index in [1.807, 2.05) is 25.7 Å². The topological polar surface area (TPSA) is 83.1 Å². The van der Waals surface area contributed by atoms with E-state index in [9.17, 15) is 4.79 Å². The molecule has 7 nitrogen and oxygen atoms in total. The summed E-state index contributed by atoms with van der Waals surface area (Å²) in [4.78, 5) is 18.0. The molecule has 0 spiro atoms. The quantitative estimate of drug-likeness (QED) is 0.807. The fourth-order valence-electron chi connectivity index (χ4n) is 2.59. The van der Waals surface area contributed by atoms with Gasteiger partial charge in [0.05, 0.1) is 0 Å². The first-order valence-corrected chi connectivity index (χ1v) is 7.97. The Bertz CT molecular complexity index is 455. The van der Waals surface area contributed by atoms with Crippen molar-refractivity contribution in [1.82, 2.24) is 25.4 Å². The van der Waals surface area contributed by atoms with E-state index in [1.165, 1.54) is 6.33 Å². The number of piperidine rings is 1. The normalized spacial score (nSPS) is 19.2. The van der Waals surface area contributed by atoms with Gasteiger partial charge in [-0.2, -0.15) is 5.10 Å². The number of rotatable bonds is 5. The maximum Gasteiger partial charge on any atom is 0.410 e. The molecule has 1 fully saturated rings. The molecule has 1 atom stereocenters. The first-order valence-electron chi connectivity index (χ1n) is 7.97. The molecule has 124 valence electrons. The van der Waals surface area contributed by atoms with Crippen molar-refractivity contribution in [3.8, 4) is 0 Å². The maximum absolute atomic E-state index is 12.1. The summed E-state index contributed by atoms with van der Waals surface area (Å²) in [5.41, 5.74) is -0.431. The van der Waals surface area contributed by atoms with Gasteiger partial charge in [-0.1, -0.05) is 0 Å². The van der Waals surface area contributed by atoms with Gasteiger partial charge >= 0.3 is 6.09 Å². The van der Waals surface area contributed by atoms with Crippen LogP contribution in [-0.2, 0) is 11.2 Å². The van der Waals surface area contributed by atoms with Crippen LogP contribution in [0.25, 0.3) is 0 Å². The van der Waals surface area contributed by atoms with Crippen molar-refractivity contribution < 1.29 is 9.53 Å². The molecule has 1 amide bonds. The molecule has 0 saturated carbocycles. The second-order valence-corrected chi connectivity index (χ2v) is 6.82. The highest BCUT2D eigenvalue weighted by atomic mass is 16.6. The summed E-state index contributed by atoms with van der Waals surface area (Å²) in [6, 6.07) is 0. The second-order valence-electron chi connectivity index (χ2n) is 6.82. The zero-order valence-corrected chi connectivity index (χ0v) is 13.8. The molecule has 2 heterocycles. The van der Waals surface area contributed by atoms with Gasteiger partial charge in [0.25, 0.3) is 0 Å². The lowest BCUT2D eigenvalue weighted by Crippen LogP contribution is -2.45. The van der Waals surface area contributed by atoms with Gasteiger partial charge in [-0.3, -0.25) is 5.10 Å². The Labute approximate surface area is 131 Å². The first-order chi connectivity index (χ1) is 10.4. The molecule has 1 aromatic rings. The largest absolute Gasteiger partial charge is 0.444 e. The minimum Gasteiger partial charge on any atom is -0.444 e. The highest BCUT2D eigenvalue weighted by Crippen LogP contribution is 2.18. The van der Waals surface area contributed by atoms with E-state index in [0.29, 0.717) is 5.92 Å². The number of aromatic nitrogens is 3. The van der Waals surface area contributed by atoms with Gasteiger partial charge in [0, 0.05) is 26.1 Å². The van der Waals surface area contributed by atoms with E-state index in [4.69, 9.17) is 4.74 Å². The summed E-state index contributed by atoms with van der Waals surface area (Å²) >= 11 is 0. The maximum atomic E-state index is 12.1. The average molecular weight is 309 g/mol. The van der Waals surface area contributed by atoms with Gasteiger partial charge in [-0.25, -0.2) is 9.78 Å². The zero-order valence-electron chi connectivity index (χ0n) is 13.8. The van der Waals surface area contributed by atoms with E-state index in [0.717, 1.165) is 51.3 Å². The predicted molar refractivity (Wildman–Crippen MR) is 83.5 cm³/mol. The molecule has 1 aliphatic heterocycles. The van der Waals surface area contributed by atoms with Crippen LogP contribution < -0.4 is 5.32 Å². The van der Waals surface area contributed by atoms with Crippen molar-refractivity contribution in [2.45, 2.75) is 45.6 Å². The third kappa shape index (κ3) is 5.63. The van der Waals surface area contributed by atoms with Crippen LogP contribution in [-0.4, -0.2) is 58.0 Å². The summed E-state index contributed by atoms with van der Waals surface area (Å²) in [5.74, 6) is 1.38. The van der Waals surface area contributed by atoms with Crippen molar-refractivity contribution in [1.29, 1.82) is 0 Å². The molecule has 0 aliphatic carbocycles. The Hall–Kier alpha value is -1.63. The van der Waals surface area contributed by atoms with Crippen molar-refractivity contribution >= 4 is 6.09 Å².